The minimum atomic E-state index is -1.89. The molecule has 0 aromatic heterocycles. The minimum Gasteiger partial charge on any atom is -0.411 e. The summed E-state index contributed by atoms with van der Waals surface area (Å²) in [7, 11) is -1.89. The molecule has 1 aromatic carbocycles. The summed E-state index contributed by atoms with van der Waals surface area (Å²) < 4.78 is 6.60. The van der Waals surface area contributed by atoms with E-state index in [1.807, 2.05) is 30.3 Å². The van der Waals surface area contributed by atoms with Gasteiger partial charge in [-0.2, -0.15) is 0 Å². The largest absolute Gasteiger partial charge is 0.411 e. The first-order valence-electron chi connectivity index (χ1n) is 10.2. The fourth-order valence-electron chi connectivity index (χ4n) is 4.39. The standard InChI is InChI=1S/C22H30N2O3Si/c1-22(2,3)28(4,5)27-17-12-11-15-14-23-19(18(15)13-17)20(25)24(21(23)26)16-9-7-6-8-10-16/h6-12,15,17-19H,13-14H2,1-5H3/t15-,17+,18-,19-/m0/s1. The quantitative estimate of drug-likeness (QED) is 0.430. The molecule has 0 unspecified atom stereocenters. The maximum Gasteiger partial charge on any atom is 0.332 e. The molecule has 6 heteroatoms. The van der Waals surface area contributed by atoms with Crippen molar-refractivity contribution in [3.63, 3.8) is 0 Å². The van der Waals surface area contributed by atoms with E-state index in [-0.39, 0.29) is 41.0 Å². The van der Waals surface area contributed by atoms with Gasteiger partial charge in [-0.05, 0) is 48.5 Å². The second-order valence-corrected chi connectivity index (χ2v) is 14.5. The van der Waals surface area contributed by atoms with Crippen molar-refractivity contribution in [2.24, 2.45) is 11.8 Å². The van der Waals surface area contributed by atoms with E-state index in [1.54, 1.807) is 4.90 Å². The zero-order chi connectivity index (χ0) is 20.3. The summed E-state index contributed by atoms with van der Waals surface area (Å²) >= 11 is 0. The summed E-state index contributed by atoms with van der Waals surface area (Å²) in [6.45, 7) is 11.9. The molecule has 0 radical (unpaired) electrons. The van der Waals surface area contributed by atoms with Crippen molar-refractivity contribution in [3.8, 4) is 0 Å². The van der Waals surface area contributed by atoms with Crippen LogP contribution in [0.5, 0.6) is 0 Å². The second kappa shape index (κ2) is 6.56. The number of hydrogen-bond acceptors (Lipinski definition) is 3. The Bertz CT molecular complexity index is 815. The Kier molecular flexibility index (Phi) is 4.54. The Morgan fingerprint density at radius 1 is 1.07 bits per heavy atom. The van der Waals surface area contributed by atoms with Gasteiger partial charge in [-0.25, -0.2) is 9.69 Å². The molecular weight excluding hydrogens is 368 g/mol. The molecule has 3 aliphatic rings. The van der Waals surface area contributed by atoms with Gasteiger partial charge in [-0.15, -0.1) is 0 Å². The molecule has 28 heavy (non-hydrogen) atoms. The fraction of sp³-hybridized carbons (Fsp3) is 0.545. The fourth-order valence-corrected chi connectivity index (χ4v) is 5.67. The van der Waals surface area contributed by atoms with Crippen LogP contribution >= 0.6 is 0 Å². The summed E-state index contributed by atoms with van der Waals surface area (Å²) in [6.07, 6.45) is 5.16. The number of benzene rings is 1. The van der Waals surface area contributed by atoms with E-state index < -0.39 is 8.32 Å². The first-order chi connectivity index (χ1) is 13.1. The Morgan fingerprint density at radius 3 is 2.39 bits per heavy atom. The van der Waals surface area contributed by atoms with Crippen molar-refractivity contribution in [2.45, 2.75) is 57.5 Å². The number of amides is 3. The smallest absolute Gasteiger partial charge is 0.332 e. The van der Waals surface area contributed by atoms with Crippen molar-refractivity contribution in [1.29, 1.82) is 0 Å². The molecule has 0 spiro atoms. The average Bonchev–Trinajstić information content (AvgIpc) is 3.10. The highest BCUT2D eigenvalue weighted by atomic mass is 28.4. The van der Waals surface area contributed by atoms with Crippen LogP contribution in [0.3, 0.4) is 0 Å². The number of para-hydroxylation sites is 1. The summed E-state index contributed by atoms with van der Waals surface area (Å²) in [5.41, 5.74) is 0.656. The molecule has 1 aromatic rings. The van der Waals surface area contributed by atoms with E-state index in [2.05, 4.69) is 46.0 Å². The second-order valence-electron chi connectivity index (χ2n) is 9.75. The van der Waals surface area contributed by atoms with E-state index >= 15 is 0 Å². The Morgan fingerprint density at radius 2 is 1.75 bits per heavy atom. The minimum absolute atomic E-state index is 0.0239. The molecule has 2 heterocycles. The van der Waals surface area contributed by atoms with E-state index in [4.69, 9.17) is 4.43 Å². The summed E-state index contributed by atoms with van der Waals surface area (Å²) in [5, 5.41) is 0.142. The van der Waals surface area contributed by atoms with Crippen LogP contribution in [0, 0.1) is 11.8 Å². The first-order valence-corrected chi connectivity index (χ1v) is 13.1. The highest BCUT2D eigenvalue weighted by Gasteiger charge is 2.57. The molecule has 1 aliphatic carbocycles. The van der Waals surface area contributed by atoms with Gasteiger partial charge in [-0.1, -0.05) is 51.1 Å². The number of hydrogen-bond donors (Lipinski definition) is 0. The van der Waals surface area contributed by atoms with Crippen LogP contribution in [0.25, 0.3) is 0 Å². The number of carbonyl (C=O) groups is 2. The number of fused-ring (bicyclic) bond motifs is 3. The van der Waals surface area contributed by atoms with E-state index in [0.29, 0.717) is 12.2 Å². The van der Waals surface area contributed by atoms with Crippen LogP contribution in [-0.2, 0) is 9.22 Å². The van der Waals surface area contributed by atoms with E-state index in [9.17, 15) is 9.59 Å². The van der Waals surface area contributed by atoms with Crippen molar-refractivity contribution in [1.82, 2.24) is 4.90 Å². The van der Waals surface area contributed by atoms with Gasteiger partial charge in [0.1, 0.15) is 6.04 Å². The lowest BCUT2D eigenvalue weighted by Gasteiger charge is -2.40. The molecule has 4 atom stereocenters. The molecule has 0 saturated carbocycles. The number of rotatable bonds is 3. The van der Waals surface area contributed by atoms with Gasteiger partial charge in [0.25, 0.3) is 5.91 Å². The Hall–Kier alpha value is -1.92. The summed E-state index contributed by atoms with van der Waals surface area (Å²) in [6, 6.07) is 8.68. The lowest BCUT2D eigenvalue weighted by molar-refractivity contribution is -0.120. The molecule has 150 valence electrons. The third-order valence-electron chi connectivity index (χ3n) is 6.95. The lowest BCUT2D eigenvalue weighted by Crippen LogP contribution is -2.46. The maximum atomic E-state index is 13.2. The third kappa shape index (κ3) is 3.03. The van der Waals surface area contributed by atoms with Gasteiger partial charge in [0, 0.05) is 6.54 Å². The molecule has 2 saturated heterocycles. The van der Waals surface area contributed by atoms with Crippen LogP contribution in [0.2, 0.25) is 18.1 Å². The molecule has 0 bridgehead atoms. The zero-order valence-corrected chi connectivity index (χ0v) is 18.4. The van der Waals surface area contributed by atoms with Gasteiger partial charge in [0.2, 0.25) is 0 Å². The van der Waals surface area contributed by atoms with Crippen LogP contribution < -0.4 is 4.90 Å². The third-order valence-corrected chi connectivity index (χ3v) is 11.5. The van der Waals surface area contributed by atoms with Crippen molar-refractivity contribution in [2.75, 3.05) is 11.4 Å². The number of nitrogens with zero attached hydrogens (tertiary/aromatic N) is 2. The van der Waals surface area contributed by atoms with E-state index in [0.717, 1.165) is 6.42 Å². The van der Waals surface area contributed by atoms with Gasteiger partial charge in [0.15, 0.2) is 8.32 Å². The molecular formula is C22H30N2O3Si. The summed E-state index contributed by atoms with van der Waals surface area (Å²) in [5.74, 6) is 0.282. The number of anilines is 1. The molecule has 2 fully saturated rings. The lowest BCUT2D eigenvalue weighted by atomic mass is 9.81. The van der Waals surface area contributed by atoms with Crippen LogP contribution in [-0.4, -0.2) is 43.8 Å². The van der Waals surface area contributed by atoms with Crippen molar-refractivity contribution < 1.29 is 14.0 Å². The van der Waals surface area contributed by atoms with Crippen molar-refractivity contribution >= 4 is 25.9 Å². The topological polar surface area (TPSA) is 49.9 Å². The first kappa shape index (κ1) is 19.4. The molecule has 4 rings (SSSR count). The van der Waals surface area contributed by atoms with Crippen LogP contribution in [0.4, 0.5) is 10.5 Å². The number of carbonyl (C=O) groups excluding carboxylic acids is 2. The van der Waals surface area contributed by atoms with Crippen LogP contribution in [0.1, 0.15) is 27.2 Å². The number of urea groups is 1. The zero-order valence-electron chi connectivity index (χ0n) is 17.4. The molecule has 3 amide bonds. The highest BCUT2D eigenvalue weighted by Crippen LogP contribution is 2.45. The average molecular weight is 399 g/mol. The highest BCUT2D eigenvalue weighted by molar-refractivity contribution is 6.74. The normalized spacial score (nSPS) is 30.0. The molecule has 2 aliphatic heterocycles. The predicted molar refractivity (Wildman–Crippen MR) is 113 cm³/mol. The molecule has 0 N–H and O–H groups in total. The van der Waals surface area contributed by atoms with Gasteiger partial charge < -0.3 is 9.33 Å². The Balaban J connectivity index is 1.55. The summed E-state index contributed by atoms with van der Waals surface area (Å²) in [4.78, 5) is 29.3. The molecule has 5 nitrogen and oxygen atoms in total. The van der Waals surface area contributed by atoms with Gasteiger partial charge >= 0.3 is 6.03 Å². The number of imide groups is 1. The van der Waals surface area contributed by atoms with Gasteiger partial charge in [0.05, 0.1) is 11.8 Å². The maximum absolute atomic E-state index is 13.2. The van der Waals surface area contributed by atoms with Crippen LogP contribution in [0.15, 0.2) is 42.5 Å². The van der Waals surface area contributed by atoms with Crippen molar-refractivity contribution in [3.05, 3.63) is 42.5 Å². The van der Waals surface area contributed by atoms with E-state index in [1.165, 1.54) is 4.90 Å². The Labute approximate surface area is 168 Å². The van der Waals surface area contributed by atoms with Gasteiger partial charge in [-0.3, -0.25) is 4.79 Å². The SMILES string of the molecule is CC(C)(C)[Si](C)(C)O[C@@H]1C=C[C@H]2CN3C(=O)N(c4ccccc4)C(=O)[C@@H]3[C@H]2C1. The monoisotopic (exact) mass is 398 g/mol. The predicted octanol–water partition coefficient (Wildman–Crippen LogP) is 4.42.